The van der Waals surface area contributed by atoms with E-state index in [-0.39, 0.29) is 11.7 Å². The fourth-order valence-corrected chi connectivity index (χ4v) is 2.65. The number of anilines is 1. The minimum atomic E-state index is -0.314. The fourth-order valence-electron chi connectivity index (χ4n) is 1.73. The van der Waals surface area contributed by atoms with Gasteiger partial charge in [0.2, 0.25) is 0 Å². The monoisotopic (exact) mass is 263 g/mol. The molecule has 94 valence electrons. The number of nitrogens with one attached hydrogen (secondary N) is 1. The Morgan fingerprint density at radius 1 is 1.22 bits per heavy atom. The van der Waals surface area contributed by atoms with Gasteiger partial charge in [0, 0.05) is 15.4 Å². The maximum Gasteiger partial charge on any atom is 0.256 e. The minimum Gasteiger partial charge on any atom is -0.322 e. The standard InChI is InChI=1S/C14H14FNOS/c1-8-4-5-11(7-13(8)15)16-14(17)12-6-9(2)18-10(12)3/h4-7H,1-3H3,(H,16,17). The van der Waals surface area contributed by atoms with Crippen LogP contribution >= 0.6 is 11.3 Å². The normalized spacial score (nSPS) is 10.4. The fraction of sp³-hybridized carbons (Fsp3) is 0.214. The molecule has 0 spiro atoms. The van der Waals surface area contributed by atoms with Gasteiger partial charge in [0.15, 0.2) is 0 Å². The van der Waals surface area contributed by atoms with Crippen LogP contribution in [0.2, 0.25) is 0 Å². The highest BCUT2D eigenvalue weighted by atomic mass is 32.1. The maximum atomic E-state index is 13.4. The molecule has 0 aliphatic carbocycles. The molecule has 2 nitrogen and oxygen atoms in total. The van der Waals surface area contributed by atoms with Gasteiger partial charge in [-0.15, -0.1) is 11.3 Å². The molecule has 18 heavy (non-hydrogen) atoms. The van der Waals surface area contributed by atoms with Gasteiger partial charge in [0.05, 0.1) is 5.56 Å². The number of carbonyl (C=O) groups is 1. The van der Waals surface area contributed by atoms with Crippen molar-refractivity contribution >= 4 is 22.9 Å². The Morgan fingerprint density at radius 2 is 1.94 bits per heavy atom. The number of benzene rings is 1. The summed E-state index contributed by atoms with van der Waals surface area (Å²) in [5.74, 6) is -0.508. The van der Waals surface area contributed by atoms with Crippen molar-refractivity contribution in [3.8, 4) is 0 Å². The number of carbonyl (C=O) groups excluding carboxylic acids is 1. The van der Waals surface area contributed by atoms with E-state index in [4.69, 9.17) is 0 Å². The van der Waals surface area contributed by atoms with Gasteiger partial charge in [-0.25, -0.2) is 4.39 Å². The number of amides is 1. The summed E-state index contributed by atoms with van der Waals surface area (Å²) in [6, 6.07) is 6.53. The number of halogens is 1. The molecule has 0 atom stereocenters. The molecule has 0 aliphatic rings. The molecule has 2 aromatic rings. The van der Waals surface area contributed by atoms with Crippen molar-refractivity contribution in [1.82, 2.24) is 0 Å². The summed E-state index contributed by atoms with van der Waals surface area (Å²) in [6.07, 6.45) is 0. The van der Waals surface area contributed by atoms with Gasteiger partial charge in [0.25, 0.3) is 5.91 Å². The van der Waals surface area contributed by atoms with E-state index in [9.17, 15) is 9.18 Å². The molecular weight excluding hydrogens is 249 g/mol. The Morgan fingerprint density at radius 3 is 2.50 bits per heavy atom. The van der Waals surface area contributed by atoms with Gasteiger partial charge >= 0.3 is 0 Å². The van der Waals surface area contributed by atoms with E-state index in [2.05, 4.69) is 5.32 Å². The zero-order valence-electron chi connectivity index (χ0n) is 10.5. The molecule has 0 saturated heterocycles. The van der Waals surface area contributed by atoms with E-state index in [1.807, 2.05) is 19.9 Å². The lowest BCUT2D eigenvalue weighted by Gasteiger charge is -2.06. The van der Waals surface area contributed by atoms with Crippen molar-refractivity contribution < 1.29 is 9.18 Å². The van der Waals surface area contributed by atoms with E-state index < -0.39 is 0 Å². The predicted molar refractivity (Wildman–Crippen MR) is 72.9 cm³/mol. The summed E-state index contributed by atoms with van der Waals surface area (Å²) < 4.78 is 13.4. The Bertz CT molecular complexity index is 604. The second kappa shape index (κ2) is 4.90. The highest BCUT2D eigenvalue weighted by molar-refractivity contribution is 7.12. The molecule has 0 aliphatic heterocycles. The van der Waals surface area contributed by atoms with Crippen molar-refractivity contribution in [2.24, 2.45) is 0 Å². The topological polar surface area (TPSA) is 29.1 Å². The maximum absolute atomic E-state index is 13.4. The lowest BCUT2D eigenvalue weighted by molar-refractivity contribution is 0.102. The Hall–Kier alpha value is -1.68. The van der Waals surface area contributed by atoms with Crippen LogP contribution < -0.4 is 5.32 Å². The van der Waals surface area contributed by atoms with E-state index in [0.717, 1.165) is 9.75 Å². The molecule has 1 amide bonds. The molecule has 1 N–H and O–H groups in total. The highest BCUT2D eigenvalue weighted by Crippen LogP contribution is 2.22. The number of thiophene rings is 1. The van der Waals surface area contributed by atoms with Crippen LogP contribution in [0, 0.1) is 26.6 Å². The van der Waals surface area contributed by atoms with Crippen LogP contribution in [0.25, 0.3) is 0 Å². The van der Waals surface area contributed by atoms with Gasteiger partial charge in [-0.1, -0.05) is 6.07 Å². The average molecular weight is 263 g/mol. The van der Waals surface area contributed by atoms with Crippen LogP contribution in [0.1, 0.15) is 25.7 Å². The summed E-state index contributed by atoms with van der Waals surface area (Å²) >= 11 is 1.58. The highest BCUT2D eigenvalue weighted by Gasteiger charge is 2.12. The van der Waals surface area contributed by atoms with Crippen LogP contribution in [0.3, 0.4) is 0 Å². The lowest BCUT2D eigenvalue weighted by atomic mass is 10.2. The zero-order chi connectivity index (χ0) is 13.3. The Balaban J connectivity index is 2.21. The summed E-state index contributed by atoms with van der Waals surface area (Å²) in [4.78, 5) is 14.1. The summed E-state index contributed by atoms with van der Waals surface area (Å²) in [5, 5.41) is 2.71. The van der Waals surface area contributed by atoms with Crippen molar-refractivity contribution in [2.45, 2.75) is 20.8 Å². The lowest BCUT2D eigenvalue weighted by Crippen LogP contribution is -2.12. The first-order valence-electron chi connectivity index (χ1n) is 5.62. The molecule has 0 saturated carbocycles. The van der Waals surface area contributed by atoms with Crippen LogP contribution in [-0.2, 0) is 0 Å². The Kier molecular flexibility index (Phi) is 3.48. The van der Waals surface area contributed by atoms with Gasteiger partial charge in [-0.2, -0.15) is 0 Å². The third-order valence-electron chi connectivity index (χ3n) is 2.72. The van der Waals surface area contributed by atoms with E-state index in [1.54, 1.807) is 30.4 Å². The summed E-state index contributed by atoms with van der Waals surface area (Å²) in [5.41, 5.74) is 1.69. The number of aryl methyl sites for hydroxylation is 3. The molecule has 0 fully saturated rings. The molecule has 2 rings (SSSR count). The third-order valence-corrected chi connectivity index (χ3v) is 3.68. The predicted octanol–water partition coefficient (Wildman–Crippen LogP) is 4.06. The first kappa shape index (κ1) is 12.8. The van der Waals surface area contributed by atoms with Crippen molar-refractivity contribution in [3.63, 3.8) is 0 Å². The second-order valence-electron chi connectivity index (χ2n) is 4.24. The number of hydrogen-bond donors (Lipinski definition) is 1. The first-order chi connectivity index (χ1) is 8.47. The molecule has 4 heteroatoms. The molecule has 0 radical (unpaired) electrons. The number of hydrogen-bond acceptors (Lipinski definition) is 2. The van der Waals surface area contributed by atoms with E-state index in [0.29, 0.717) is 16.8 Å². The van der Waals surface area contributed by atoms with Crippen molar-refractivity contribution in [2.75, 3.05) is 5.32 Å². The molecular formula is C14H14FNOS. The Labute approximate surface area is 109 Å². The number of rotatable bonds is 2. The quantitative estimate of drug-likeness (QED) is 0.869. The SMILES string of the molecule is Cc1cc(C(=O)Nc2ccc(C)c(F)c2)c(C)s1. The van der Waals surface area contributed by atoms with Crippen molar-refractivity contribution in [1.29, 1.82) is 0 Å². The molecule has 0 unspecified atom stereocenters. The smallest absolute Gasteiger partial charge is 0.256 e. The van der Waals surface area contributed by atoms with Crippen LogP contribution in [0.15, 0.2) is 24.3 Å². The average Bonchev–Trinajstić information content (AvgIpc) is 2.63. The first-order valence-corrected chi connectivity index (χ1v) is 6.43. The van der Waals surface area contributed by atoms with E-state index >= 15 is 0 Å². The largest absolute Gasteiger partial charge is 0.322 e. The molecule has 1 heterocycles. The van der Waals surface area contributed by atoms with Crippen LogP contribution in [0.5, 0.6) is 0 Å². The third kappa shape index (κ3) is 2.59. The van der Waals surface area contributed by atoms with Gasteiger partial charge in [-0.3, -0.25) is 4.79 Å². The molecule has 1 aromatic heterocycles. The van der Waals surface area contributed by atoms with E-state index in [1.165, 1.54) is 6.07 Å². The van der Waals surface area contributed by atoms with Gasteiger partial charge in [-0.05, 0) is 44.5 Å². The van der Waals surface area contributed by atoms with Gasteiger partial charge in [0.1, 0.15) is 5.82 Å². The zero-order valence-corrected chi connectivity index (χ0v) is 11.3. The van der Waals surface area contributed by atoms with Crippen LogP contribution in [-0.4, -0.2) is 5.91 Å². The van der Waals surface area contributed by atoms with Crippen LogP contribution in [0.4, 0.5) is 10.1 Å². The molecule has 0 bridgehead atoms. The molecule has 1 aromatic carbocycles. The summed E-state index contributed by atoms with van der Waals surface area (Å²) in [6.45, 7) is 5.55. The second-order valence-corrected chi connectivity index (χ2v) is 5.71. The summed E-state index contributed by atoms with van der Waals surface area (Å²) in [7, 11) is 0. The minimum absolute atomic E-state index is 0.194. The van der Waals surface area contributed by atoms with Gasteiger partial charge < -0.3 is 5.32 Å². The van der Waals surface area contributed by atoms with Crippen molar-refractivity contribution in [3.05, 3.63) is 51.0 Å².